The summed E-state index contributed by atoms with van der Waals surface area (Å²) in [6.45, 7) is 3.52. The van der Waals surface area contributed by atoms with Gasteiger partial charge in [-0.3, -0.25) is 4.98 Å². The molecule has 3 aromatic rings. The molecule has 0 spiro atoms. The number of halogens is 1. The van der Waals surface area contributed by atoms with E-state index in [1.807, 2.05) is 12.1 Å². The molecule has 0 radical (unpaired) electrons. The first-order valence-corrected chi connectivity index (χ1v) is 7.83. The molecule has 1 atom stereocenters. The van der Waals surface area contributed by atoms with Crippen molar-refractivity contribution in [2.24, 2.45) is 0 Å². The van der Waals surface area contributed by atoms with Crippen molar-refractivity contribution < 1.29 is 13.9 Å². The molecule has 7 heteroatoms. The molecule has 0 amide bonds. The number of hydrogen-bond donors (Lipinski definition) is 0. The van der Waals surface area contributed by atoms with Gasteiger partial charge in [0.2, 0.25) is 5.89 Å². The van der Waals surface area contributed by atoms with Crippen molar-refractivity contribution in [3.63, 3.8) is 0 Å². The molecule has 0 aliphatic carbocycles. The summed E-state index contributed by atoms with van der Waals surface area (Å²) in [6.07, 6.45) is 2.74. The van der Waals surface area contributed by atoms with Gasteiger partial charge in [-0.05, 0) is 41.9 Å². The molecule has 0 saturated heterocycles. The fourth-order valence-electron chi connectivity index (χ4n) is 1.86. The van der Waals surface area contributed by atoms with Gasteiger partial charge in [-0.15, -0.1) is 11.3 Å². The van der Waals surface area contributed by atoms with Crippen LogP contribution in [0.4, 0.5) is 0 Å². The van der Waals surface area contributed by atoms with Crippen molar-refractivity contribution >= 4 is 43.5 Å². The number of hydrogen-bond acceptors (Lipinski definition) is 6. The van der Waals surface area contributed by atoms with Crippen LogP contribution in [0.2, 0.25) is 0 Å². The van der Waals surface area contributed by atoms with Crippen molar-refractivity contribution in [1.29, 1.82) is 0 Å². The fourth-order valence-corrected chi connectivity index (χ4v) is 3.64. The van der Waals surface area contributed by atoms with E-state index >= 15 is 0 Å². The van der Waals surface area contributed by atoms with Crippen LogP contribution in [0.25, 0.3) is 10.2 Å². The average Bonchev–Trinajstić information content (AvgIpc) is 3.04. The third-order valence-electron chi connectivity index (χ3n) is 2.85. The minimum Gasteiger partial charge on any atom is -0.448 e. The van der Waals surface area contributed by atoms with Crippen LogP contribution in [0.15, 0.2) is 33.4 Å². The number of nitrogens with zero attached hydrogens (tertiary/aromatic N) is 2. The summed E-state index contributed by atoms with van der Waals surface area (Å²) in [7, 11) is 0. The SMILES string of the molecule is Cc1cnc(C(C)OC(=O)c2sc3cccnc3c2Br)o1. The van der Waals surface area contributed by atoms with Crippen LogP contribution in [0, 0.1) is 6.92 Å². The Labute approximate surface area is 133 Å². The Hall–Kier alpha value is -1.73. The molecule has 0 aliphatic heterocycles. The van der Waals surface area contributed by atoms with Gasteiger partial charge in [0.05, 0.1) is 20.9 Å². The molecule has 5 nitrogen and oxygen atoms in total. The third-order valence-corrected chi connectivity index (χ3v) is 5.00. The highest BCUT2D eigenvalue weighted by atomic mass is 79.9. The van der Waals surface area contributed by atoms with Gasteiger partial charge in [-0.1, -0.05) is 0 Å². The molecule has 1 unspecified atom stereocenters. The summed E-state index contributed by atoms with van der Waals surface area (Å²) >= 11 is 4.75. The van der Waals surface area contributed by atoms with Gasteiger partial charge in [-0.25, -0.2) is 9.78 Å². The van der Waals surface area contributed by atoms with E-state index in [1.165, 1.54) is 11.3 Å². The quantitative estimate of drug-likeness (QED) is 0.647. The topological polar surface area (TPSA) is 65.2 Å². The van der Waals surface area contributed by atoms with Gasteiger partial charge >= 0.3 is 5.97 Å². The van der Waals surface area contributed by atoms with Crippen LogP contribution in [0.1, 0.15) is 34.4 Å². The zero-order chi connectivity index (χ0) is 15.0. The van der Waals surface area contributed by atoms with Crippen LogP contribution in [-0.4, -0.2) is 15.9 Å². The number of carbonyl (C=O) groups is 1. The Bertz CT molecular complexity index is 812. The molecule has 3 rings (SSSR count). The molecular weight excluding hydrogens is 356 g/mol. The van der Waals surface area contributed by atoms with Crippen LogP contribution < -0.4 is 0 Å². The Morgan fingerprint density at radius 1 is 1.48 bits per heavy atom. The first-order valence-electron chi connectivity index (χ1n) is 6.22. The molecule has 3 heterocycles. The summed E-state index contributed by atoms with van der Waals surface area (Å²) in [6, 6.07) is 3.74. The van der Waals surface area contributed by atoms with Gasteiger partial charge in [0.15, 0.2) is 6.10 Å². The predicted octanol–water partition coefficient (Wildman–Crippen LogP) is 4.27. The third kappa shape index (κ3) is 2.71. The van der Waals surface area contributed by atoms with E-state index in [2.05, 4.69) is 25.9 Å². The van der Waals surface area contributed by atoms with Gasteiger partial charge in [0.1, 0.15) is 10.6 Å². The van der Waals surface area contributed by atoms with Crippen molar-refractivity contribution in [2.45, 2.75) is 20.0 Å². The maximum absolute atomic E-state index is 12.3. The summed E-state index contributed by atoms with van der Waals surface area (Å²) in [5.41, 5.74) is 0.758. The molecule has 0 aliphatic rings. The Balaban J connectivity index is 1.85. The number of aryl methyl sites for hydroxylation is 1. The van der Waals surface area contributed by atoms with Crippen LogP contribution >= 0.6 is 27.3 Å². The lowest BCUT2D eigenvalue weighted by molar-refractivity contribution is 0.0282. The van der Waals surface area contributed by atoms with Gasteiger partial charge in [0, 0.05) is 6.20 Å². The summed E-state index contributed by atoms with van der Waals surface area (Å²) in [5.74, 6) is 0.643. The molecule has 3 aromatic heterocycles. The second-order valence-corrected chi connectivity index (χ2v) is 6.30. The van der Waals surface area contributed by atoms with Crippen molar-refractivity contribution in [2.75, 3.05) is 0 Å². The number of fused-ring (bicyclic) bond motifs is 1. The largest absolute Gasteiger partial charge is 0.448 e. The van der Waals surface area contributed by atoms with Gasteiger partial charge in [0.25, 0.3) is 0 Å². The second-order valence-electron chi connectivity index (χ2n) is 4.45. The Kier molecular flexibility index (Phi) is 3.77. The molecule has 0 bridgehead atoms. The summed E-state index contributed by atoms with van der Waals surface area (Å²) < 4.78 is 12.3. The van der Waals surface area contributed by atoms with E-state index in [-0.39, 0.29) is 0 Å². The highest BCUT2D eigenvalue weighted by molar-refractivity contribution is 9.10. The number of pyridine rings is 1. The molecule has 0 saturated carbocycles. The molecule has 0 N–H and O–H groups in total. The second kappa shape index (κ2) is 5.57. The van der Waals surface area contributed by atoms with E-state index in [9.17, 15) is 4.79 Å². The van der Waals surface area contributed by atoms with Crippen molar-refractivity contribution in [1.82, 2.24) is 9.97 Å². The lowest BCUT2D eigenvalue weighted by atomic mass is 10.3. The monoisotopic (exact) mass is 366 g/mol. The zero-order valence-electron chi connectivity index (χ0n) is 11.3. The van der Waals surface area contributed by atoms with Gasteiger partial charge in [-0.2, -0.15) is 0 Å². The standard InChI is InChI=1S/C14H11BrN2O3S/c1-7-6-17-13(19-7)8(2)20-14(18)12-10(15)11-9(21-12)4-3-5-16-11/h3-6,8H,1-2H3. The van der Waals surface area contributed by atoms with E-state index in [1.54, 1.807) is 26.2 Å². The first-order chi connectivity index (χ1) is 10.1. The molecule has 108 valence electrons. The average molecular weight is 367 g/mol. The highest BCUT2D eigenvalue weighted by Crippen LogP contribution is 2.35. The number of thiophene rings is 1. The first kappa shape index (κ1) is 14.2. The van der Waals surface area contributed by atoms with E-state index in [0.29, 0.717) is 21.0 Å². The maximum atomic E-state index is 12.3. The number of rotatable bonds is 3. The Morgan fingerprint density at radius 2 is 2.29 bits per heavy atom. The number of carbonyl (C=O) groups excluding carboxylic acids is 1. The number of esters is 1. The van der Waals surface area contributed by atoms with E-state index in [0.717, 1.165) is 10.2 Å². The minimum atomic E-state index is -0.545. The molecule has 0 aromatic carbocycles. The summed E-state index contributed by atoms with van der Waals surface area (Å²) in [4.78, 5) is 21.1. The maximum Gasteiger partial charge on any atom is 0.350 e. The number of ether oxygens (including phenoxy) is 1. The molecule has 21 heavy (non-hydrogen) atoms. The Morgan fingerprint density at radius 3 is 2.95 bits per heavy atom. The lowest BCUT2D eigenvalue weighted by Crippen LogP contribution is -2.08. The van der Waals surface area contributed by atoms with Gasteiger partial charge < -0.3 is 9.15 Å². The van der Waals surface area contributed by atoms with Crippen LogP contribution in [0.5, 0.6) is 0 Å². The summed E-state index contributed by atoms with van der Waals surface area (Å²) in [5, 5.41) is 0. The van der Waals surface area contributed by atoms with Crippen LogP contribution in [-0.2, 0) is 4.74 Å². The van der Waals surface area contributed by atoms with Crippen molar-refractivity contribution in [3.8, 4) is 0 Å². The van der Waals surface area contributed by atoms with Crippen molar-refractivity contribution in [3.05, 3.63) is 45.5 Å². The number of oxazole rings is 1. The zero-order valence-corrected chi connectivity index (χ0v) is 13.7. The highest BCUT2D eigenvalue weighted by Gasteiger charge is 2.23. The van der Waals surface area contributed by atoms with E-state index < -0.39 is 12.1 Å². The minimum absolute atomic E-state index is 0.385. The predicted molar refractivity (Wildman–Crippen MR) is 82.4 cm³/mol. The smallest absolute Gasteiger partial charge is 0.350 e. The fraction of sp³-hybridized carbons (Fsp3) is 0.214. The molecular formula is C14H11BrN2O3S. The van der Waals surface area contributed by atoms with Crippen LogP contribution in [0.3, 0.4) is 0 Å². The number of aromatic nitrogens is 2. The van der Waals surface area contributed by atoms with E-state index in [4.69, 9.17) is 9.15 Å². The normalized spacial score (nSPS) is 12.5. The molecule has 0 fully saturated rings. The lowest BCUT2D eigenvalue weighted by Gasteiger charge is -2.08.